The summed E-state index contributed by atoms with van der Waals surface area (Å²) in [5, 5.41) is 4.95. The maximum atomic E-state index is 12.3. The lowest BCUT2D eigenvalue weighted by molar-refractivity contribution is -0.117. The van der Waals surface area contributed by atoms with Gasteiger partial charge in [0.15, 0.2) is 10.9 Å². The highest BCUT2D eigenvalue weighted by Gasteiger charge is 2.29. The highest BCUT2D eigenvalue weighted by Crippen LogP contribution is 2.39. The molecule has 1 aliphatic rings. The minimum atomic E-state index is -0.152. The second-order valence-electron chi connectivity index (χ2n) is 4.48. The smallest absolute Gasteiger partial charge is 0.234 e. The Balaban J connectivity index is 1.75. The Morgan fingerprint density at radius 2 is 2.15 bits per heavy atom. The number of hydrogen-bond donors (Lipinski definition) is 1. The first-order valence-electron chi connectivity index (χ1n) is 6.14. The number of nitrogens with zero attached hydrogens (tertiary/aromatic N) is 1. The van der Waals surface area contributed by atoms with Crippen LogP contribution in [0, 0.1) is 0 Å². The van der Waals surface area contributed by atoms with Gasteiger partial charge in [0.1, 0.15) is 5.69 Å². The molecule has 0 radical (unpaired) electrons. The Labute approximate surface area is 124 Å². The highest BCUT2D eigenvalue weighted by molar-refractivity contribution is 7.99. The molecule has 1 N–H and O–H groups in total. The lowest BCUT2D eigenvalue weighted by Crippen LogP contribution is -2.21. The second kappa shape index (κ2) is 5.38. The molecule has 0 saturated carbocycles. The summed E-state index contributed by atoms with van der Waals surface area (Å²) >= 11 is 2.97. The van der Waals surface area contributed by atoms with E-state index in [9.17, 15) is 9.59 Å². The number of thioether (sulfide) groups is 1. The highest BCUT2D eigenvalue weighted by atomic mass is 32.2. The third-order valence-corrected chi connectivity index (χ3v) is 5.05. The molecule has 1 aromatic carbocycles. The number of amides is 1. The molecule has 0 aliphatic carbocycles. The minimum absolute atomic E-state index is 0.0631. The van der Waals surface area contributed by atoms with Crippen molar-refractivity contribution in [3.8, 4) is 0 Å². The van der Waals surface area contributed by atoms with Crippen LogP contribution in [0.3, 0.4) is 0 Å². The molecule has 2 heterocycles. The van der Waals surface area contributed by atoms with Crippen molar-refractivity contribution >= 4 is 39.9 Å². The summed E-state index contributed by atoms with van der Waals surface area (Å²) in [4.78, 5) is 28.8. The zero-order chi connectivity index (χ0) is 14.1. The van der Waals surface area contributed by atoms with Crippen LogP contribution < -0.4 is 5.32 Å². The molecule has 1 aromatic heterocycles. The Morgan fingerprint density at radius 1 is 1.35 bits per heavy atom. The third-order valence-electron chi connectivity index (χ3n) is 3.11. The molecule has 6 heteroatoms. The Bertz CT molecular complexity index is 681. The van der Waals surface area contributed by atoms with Crippen molar-refractivity contribution in [1.82, 2.24) is 4.98 Å². The molecule has 4 nitrogen and oxygen atoms in total. The van der Waals surface area contributed by atoms with E-state index in [0.717, 1.165) is 16.2 Å². The number of aromatic nitrogens is 1. The first kappa shape index (κ1) is 13.3. The van der Waals surface area contributed by atoms with Gasteiger partial charge in [-0.1, -0.05) is 18.2 Å². The molecule has 0 spiro atoms. The number of fused-ring (bicyclic) bond motifs is 1. The molecule has 20 heavy (non-hydrogen) atoms. The van der Waals surface area contributed by atoms with E-state index < -0.39 is 0 Å². The van der Waals surface area contributed by atoms with Crippen molar-refractivity contribution < 1.29 is 9.59 Å². The average molecular weight is 304 g/mol. The second-order valence-corrected chi connectivity index (χ2v) is 6.40. The van der Waals surface area contributed by atoms with Gasteiger partial charge >= 0.3 is 0 Å². The van der Waals surface area contributed by atoms with Gasteiger partial charge in [-0.3, -0.25) is 9.59 Å². The number of carbonyl (C=O) groups is 2. The Kier molecular flexibility index (Phi) is 3.58. The van der Waals surface area contributed by atoms with E-state index in [4.69, 9.17) is 0 Å². The molecular weight excluding hydrogens is 292 g/mol. The summed E-state index contributed by atoms with van der Waals surface area (Å²) in [7, 11) is 0. The zero-order valence-corrected chi connectivity index (χ0v) is 12.4. The number of nitrogens with one attached hydrogen (secondary N) is 1. The maximum absolute atomic E-state index is 12.3. The summed E-state index contributed by atoms with van der Waals surface area (Å²) in [6, 6.07) is 7.95. The van der Waals surface area contributed by atoms with Gasteiger partial charge in [-0.15, -0.1) is 23.1 Å². The maximum Gasteiger partial charge on any atom is 0.234 e. The number of carbonyl (C=O) groups excluding carboxylic acids is 2. The van der Waals surface area contributed by atoms with E-state index in [2.05, 4.69) is 10.3 Å². The fraction of sp³-hybridized carbons (Fsp3) is 0.214. The zero-order valence-electron chi connectivity index (χ0n) is 10.8. The van der Waals surface area contributed by atoms with Crippen molar-refractivity contribution in [3.05, 3.63) is 40.9 Å². The molecular formula is C14H12N2O2S2. The van der Waals surface area contributed by atoms with Gasteiger partial charge in [-0.05, 0) is 11.6 Å². The van der Waals surface area contributed by atoms with Crippen LogP contribution in [0.2, 0.25) is 0 Å². The topological polar surface area (TPSA) is 59.1 Å². The van der Waals surface area contributed by atoms with E-state index in [1.807, 2.05) is 24.3 Å². The molecule has 0 fully saturated rings. The van der Waals surface area contributed by atoms with Crippen LogP contribution in [-0.2, 0) is 4.79 Å². The fourth-order valence-corrected chi connectivity index (χ4v) is 4.05. The van der Waals surface area contributed by atoms with Crippen molar-refractivity contribution in [2.24, 2.45) is 0 Å². The summed E-state index contributed by atoms with van der Waals surface area (Å²) < 4.78 is 0. The molecule has 3 rings (SSSR count). The number of anilines is 1. The van der Waals surface area contributed by atoms with Crippen LogP contribution in [-0.4, -0.2) is 22.4 Å². The van der Waals surface area contributed by atoms with E-state index >= 15 is 0 Å². The molecule has 1 unspecified atom stereocenters. The Hall–Kier alpha value is -1.66. The van der Waals surface area contributed by atoms with Crippen molar-refractivity contribution in [2.45, 2.75) is 17.7 Å². The van der Waals surface area contributed by atoms with E-state index in [0.29, 0.717) is 10.8 Å². The predicted molar refractivity (Wildman–Crippen MR) is 80.7 cm³/mol. The molecule has 1 atom stereocenters. The van der Waals surface area contributed by atoms with Gasteiger partial charge in [-0.2, -0.15) is 0 Å². The van der Waals surface area contributed by atoms with Crippen LogP contribution in [0.25, 0.3) is 0 Å². The van der Waals surface area contributed by atoms with Crippen LogP contribution in [0.1, 0.15) is 28.9 Å². The van der Waals surface area contributed by atoms with Gasteiger partial charge in [-0.25, -0.2) is 4.98 Å². The number of rotatable bonds is 3. The molecule has 0 saturated heterocycles. The molecule has 0 bridgehead atoms. The number of benzene rings is 1. The number of thiazole rings is 1. The van der Waals surface area contributed by atoms with Crippen molar-refractivity contribution in [2.75, 3.05) is 11.1 Å². The van der Waals surface area contributed by atoms with Crippen LogP contribution in [0.4, 0.5) is 5.13 Å². The lowest BCUT2D eigenvalue weighted by Gasteiger charge is -2.09. The van der Waals surface area contributed by atoms with Crippen molar-refractivity contribution in [3.63, 3.8) is 0 Å². The molecule has 102 valence electrons. The summed E-state index contributed by atoms with van der Waals surface area (Å²) in [5.41, 5.74) is 1.46. The van der Waals surface area contributed by atoms with E-state index in [1.165, 1.54) is 18.3 Å². The van der Waals surface area contributed by atoms with Crippen LogP contribution in [0.5, 0.6) is 0 Å². The lowest BCUT2D eigenvalue weighted by atomic mass is 10.0. The number of Topliss-reactive ketones (excluding diaryl/α,β-unsaturated/α-hetero) is 1. The molecule has 2 aromatic rings. The van der Waals surface area contributed by atoms with Gasteiger partial charge in [0.2, 0.25) is 5.91 Å². The largest absolute Gasteiger partial charge is 0.301 e. The summed E-state index contributed by atoms with van der Waals surface area (Å²) in [5.74, 6) is 0.437. The summed E-state index contributed by atoms with van der Waals surface area (Å²) in [6.07, 6.45) is 0. The van der Waals surface area contributed by atoms with Crippen LogP contribution in [0.15, 0.2) is 34.5 Å². The SMILES string of the molecule is CC(=O)c1csc(NC(=O)C2CSc3ccccc32)n1. The minimum Gasteiger partial charge on any atom is -0.301 e. The average Bonchev–Trinajstić information content (AvgIpc) is 3.04. The van der Waals surface area contributed by atoms with Gasteiger partial charge < -0.3 is 5.32 Å². The molecule has 1 aliphatic heterocycles. The van der Waals surface area contributed by atoms with Crippen molar-refractivity contribution in [1.29, 1.82) is 0 Å². The summed E-state index contributed by atoms with van der Waals surface area (Å²) in [6.45, 7) is 1.46. The quantitative estimate of drug-likeness (QED) is 0.885. The number of hydrogen-bond acceptors (Lipinski definition) is 5. The third kappa shape index (κ3) is 2.48. The monoisotopic (exact) mass is 304 g/mol. The molecule has 1 amide bonds. The van der Waals surface area contributed by atoms with E-state index in [-0.39, 0.29) is 17.6 Å². The predicted octanol–water partition coefficient (Wildman–Crippen LogP) is 3.17. The van der Waals surface area contributed by atoms with Gasteiger partial charge in [0, 0.05) is 23.0 Å². The Morgan fingerprint density at radius 3 is 2.90 bits per heavy atom. The normalized spacial score (nSPS) is 16.8. The van der Waals surface area contributed by atoms with Crippen LogP contribution >= 0.6 is 23.1 Å². The van der Waals surface area contributed by atoms with Gasteiger partial charge in [0.05, 0.1) is 5.92 Å². The standard InChI is InChI=1S/C14H12N2O2S2/c1-8(17)11-7-20-14(15-11)16-13(18)10-6-19-12-5-3-2-4-9(10)12/h2-5,7,10H,6H2,1H3,(H,15,16,18). The first-order valence-corrected chi connectivity index (χ1v) is 8.00. The van der Waals surface area contributed by atoms with E-state index in [1.54, 1.807) is 17.1 Å². The fourth-order valence-electron chi connectivity index (χ4n) is 2.07. The number of ketones is 1. The van der Waals surface area contributed by atoms with Gasteiger partial charge in [0.25, 0.3) is 0 Å². The first-order chi connectivity index (χ1) is 9.65.